The number of aromatic nitrogens is 1. The summed E-state index contributed by atoms with van der Waals surface area (Å²) in [5, 5.41) is 0.319. The van der Waals surface area contributed by atoms with E-state index in [-0.39, 0.29) is 5.75 Å². The summed E-state index contributed by atoms with van der Waals surface area (Å²) in [6.45, 7) is 3.69. The molecule has 2 heterocycles. The number of benzene rings is 1. The molecule has 0 saturated carbocycles. The zero-order chi connectivity index (χ0) is 24.8. The fourth-order valence-electron chi connectivity index (χ4n) is 3.47. The Balaban J connectivity index is 1.94. The van der Waals surface area contributed by atoms with E-state index in [1.54, 1.807) is 30.5 Å². The van der Waals surface area contributed by atoms with Crippen molar-refractivity contribution in [1.29, 1.82) is 0 Å². The highest BCUT2D eigenvalue weighted by molar-refractivity contribution is 7.99. The number of thioether (sulfide) groups is 1. The van der Waals surface area contributed by atoms with Gasteiger partial charge in [-0.1, -0.05) is 17.7 Å². The minimum absolute atomic E-state index is 0.244. The second-order valence-corrected chi connectivity index (χ2v) is 8.86. The summed E-state index contributed by atoms with van der Waals surface area (Å²) < 4.78 is 27.7. The summed E-state index contributed by atoms with van der Waals surface area (Å²) in [4.78, 5) is 39.4. The van der Waals surface area contributed by atoms with Crippen molar-refractivity contribution in [3.05, 3.63) is 41.6 Å². The van der Waals surface area contributed by atoms with Crippen molar-refractivity contribution in [1.82, 2.24) is 4.98 Å². The summed E-state index contributed by atoms with van der Waals surface area (Å²) >= 11 is 7.65. The predicted molar refractivity (Wildman–Crippen MR) is 125 cm³/mol. The van der Waals surface area contributed by atoms with E-state index in [4.69, 9.17) is 35.3 Å². The zero-order valence-corrected chi connectivity index (χ0v) is 20.6. The Labute approximate surface area is 206 Å². The average molecular weight is 510 g/mol. The SMILES string of the molecule is COc1ncccc1-c1ccc(Cl)c(O[C@H]2SC[C@@H](OC(C)=O)[C@H](OC(C)=O)[C@H]2OC(C)=O)c1. The van der Waals surface area contributed by atoms with Crippen LogP contribution in [0.25, 0.3) is 11.1 Å². The summed E-state index contributed by atoms with van der Waals surface area (Å²) in [6.07, 6.45) is -1.32. The number of methoxy groups -OCH3 is 1. The van der Waals surface area contributed by atoms with Crippen LogP contribution in [-0.2, 0) is 28.6 Å². The monoisotopic (exact) mass is 509 g/mol. The zero-order valence-electron chi connectivity index (χ0n) is 19.0. The molecule has 11 heteroatoms. The normalized spacial score (nSPS) is 21.8. The molecule has 1 aliphatic heterocycles. The van der Waals surface area contributed by atoms with Gasteiger partial charge in [-0.3, -0.25) is 14.4 Å². The number of rotatable bonds is 7. The van der Waals surface area contributed by atoms with E-state index in [1.165, 1.54) is 39.6 Å². The van der Waals surface area contributed by atoms with Crippen molar-refractivity contribution < 1.29 is 38.1 Å². The number of hydrogen-bond acceptors (Lipinski definition) is 10. The molecular weight excluding hydrogens is 486 g/mol. The average Bonchev–Trinajstić information content (AvgIpc) is 2.78. The highest BCUT2D eigenvalue weighted by Crippen LogP contribution is 2.39. The van der Waals surface area contributed by atoms with E-state index in [1.807, 2.05) is 6.07 Å². The largest absolute Gasteiger partial charge is 0.481 e. The molecule has 3 rings (SSSR count). The van der Waals surface area contributed by atoms with Crippen molar-refractivity contribution in [2.45, 2.75) is 44.5 Å². The van der Waals surface area contributed by atoms with E-state index in [0.29, 0.717) is 16.7 Å². The maximum absolute atomic E-state index is 11.9. The lowest BCUT2D eigenvalue weighted by Gasteiger charge is -2.40. The first-order chi connectivity index (χ1) is 16.2. The fourth-order valence-corrected chi connectivity index (χ4v) is 4.84. The first-order valence-corrected chi connectivity index (χ1v) is 11.7. The third kappa shape index (κ3) is 6.32. The summed E-state index contributed by atoms with van der Waals surface area (Å²) in [5.74, 6) is -0.793. The number of carbonyl (C=O) groups is 3. The molecule has 0 N–H and O–H groups in total. The van der Waals surface area contributed by atoms with Gasteiger partial charge in [0.1, 0.15) is 5.75 Å². The lowest BCUT2D eigenvalue weighted by Crippen LogP contribution is -2.55. The van der Waals surface area contributed by atoms with Crippen molar-refractivity contribution in [3.63, 3.8) is 0 Å². The van der Waals surface area contributed by atoms with E-state index in [9.17, 15) is 14.4 Å². The first-order valence-electron chi connectivity index (χ1n) is 10.3. The summed E-state index contributed by atoms with van der Waals surface area (Å²) in [6, 6.07) is 8.80. The van der Waals surface area contributed by atoms with E-state index in [2.05, 4.69) is 4.98 Å². The Morgan fingerprint density at radius 2 is 1.68 bits per heavy atom. The molecule has 2 aromatic rings. The van der Waals surface area contributed by atoms with Crippen LogP contribution in [0.3, 0.4) is 0 Å². The predicted octanol–water partition coefficient (Wildman–Crippen LogP) is 3.66. The van der Waals surface area contributed by atoms with Gasteiger partial charge in [-0.25, -0.2) is 4.98 Å². The van der Waals surface area contributed by atoms with Gasteiger partial charge in [-0.2, -0.15) is 0 Å². The number of carbonyl (C=O) groups excluding carboxylic acids is 3. The van der Waals surface area contributed by atoms with E-state index < -0.39 is 41.7 Å². The number of halogens is 1. The van der Waals surface area contributed by atoms with Gasteiger partial charge < -0.3 is 23.7 Å². The second-order valence-electron chi connectivity index (χ2n) is 7.32. The topological polar surface area (TPSA) is 110 Å². The van der Waals surface area contributed by atoms with Crippen LogP contribution in [0.1, 0.15) is 20.8 Å². The molecule has 34 heavy (non-hydrogen) atoms. The molecule has 0 aliphatic carbocycles. The first kappa shape index (κ1) is 25.6. The summed E-state index contributed by atoms with van der Waals surface area (Å²) in [5.41, 5.74) is 0.666. The van der Waals surface area contributed by atoms with Gasteiger partial charge >= 0.3 is 17.9 Å². The van der Waals surface area contributed by atoms with Gasteiger partial charge in [0.25, 0.3) is 0 Å². The lowest BCUT2D eigenvalue weighted by molar-refractivity contribution is -0.186. The van der Waals surface area contributed by atoms with Crippen LogP contribution in [0.15, 0.2) is 36.5 Å². The van der Waals surface area contributed by atoms with Gasteiger partial charge in [0.15, 0.2) is 23.7 Å². The number of ether oxygens (including phenoxy) is 5. The maximum atomic E-state index is 11.9. The van der Waals surface area contributed by atoms with E-state index >= 15 is 0 Å². The fraction of sp³-hybridized carbons (Fsp3) is 0.391. The van der Waals surface area contributed by atoms with Gasteiger partial charge in [0.05, 0.1) is 12.1 Å². The molecule has 1 aromatic carbocycles. The number of esters is 3. The molecule has 1 aliphatic rings. The van der Waals surface area contributed by atoms with Crippen LogP contribution in [-0.4, -0.2) is 59.5 Å². The minimum Gasteiger partial charge on any atom is -0.481 e. The second kappa shape index (κ2) is 11.4. The van der Waals surface area contributed by atoms with Gasteiger partial charge in [0, 0.05) is 38.3 Å². The third-order valence-electron chi connectivity index (χ3n) is 4.75. The summed E-state index contributed by atoms with van der Waals surface area (Å²) in [7, 11) is 1.52. The minimum atomic E-state index is -1.06. The lowest BCUT2D eigenvalue weighted by atomic mass is 10.1. The standard InChI is InChI=1S/C23H24ClNO8S/c1-12(26)30-19-11-34-23(21(32-14(3)28)20(19)31-13(2)27)33-18-10-15(7-8-17(18)24)16-6-5-9-25-22(16)29-4/h5-10,19-21,23H,11H2,1-4H3/t19-,20+,21-,23+/m1/s1. The van der Waals surface area contributed by atoms with Gasteiger partial charge in [-0.05, 0) is 29.8 Å². The number of pyridine rings is 1. The van der Waals surface area contributed by atoms with Crippen LogP contribution in [0.2, 0.25) is 5.02 Å². The van der Waals surface area contributed by atoms with Crippen LogP contribution in [0.5, 0.6) is 11.6 Å². The highest BCUT2D eigenvalue weighted by Gasteiger charge is 2.47. The molecule has 0 radical (unpaired) electrons. The van der Waals surface area contributed by atoms with Crippen molar-refractivity contribution in [2.75, 3.05) is 12.9 Å². The Morgan fingerprint density at radius 1 is 1.00 bits per heavy atom. The van der Waals surface area contributed by atoms with Crippen molar-refractivity contribution in [3.8, 4) is 22.8 Å². The highest BCUT2D eigenvalue weighted by atomic mass is 35.5. The Morgan fingerprint density at radius 3 is 2.32 bits per heavy atom. The quantitative estimate of drug-likeness (QED) is 0.405. The smallest absolute Gasteiger partial charge is 0.303 e. The van der Waals surface area contributed by atoms with Gasteiger partial charge in [0.2, 0.25) is 5.88 Å². The van der Waals surface area contributed by atoms with Crippen LogP contribution >= 0.6 is 23.4 Å². The number of nitrogens with zero attached hydrogens (tertiary/aromatic N) is 1. The Bertz CT molecular complexity index is 1070. The molecule has 0 spiro atoms. The Hall–Kier alpha value is -2.98. The molecule has 1 aromatic heterocycles. The Kier molecular flexibility index (Phi) is 8.62. The molecule has 0 amide bonds. The van der Waals surface area contributed by atoms with Crippen LogP contribution in [0, 0.1) is 0 Å². The molecule has 182 valence electrons. The molecule has 1 saturated heterocycles. The van der Waals surface area contributed by atoms with Crippen LogP contribution < -0.4 is 9.47 Å². The molecular formula is C23H24ClNO8S. The number of hydrogen-bond donors (Lipinski definition) is 0. The molecule has 4 atom stereocenters. The van der Waals surface area contributed by atoms with Crippen LogP contribution in [0.4, 0.5) is 0 Å². The molecule has 0 bridgehead atoms. The van der Waals surface area contributed by atoms with Gasteiger partial charge in [-0.15, -0.1) is 11.8 Å². The van der Waals surface area contributed by atoms with E-state index in [0.717, 1.165) is 11.1 Å². The molecule has 1 fully saturated rings. The molecule has 0 unspecified atom stereocenters. The van der Waals surface area contributed by atoms with Crippen molar-refractivity contribution >= 4 is 41.3 Å². The third-order valence-corrected chi connectivity index (χ3v) is 6.28. The van der Waals surface area contributed by atoms with Crippen molar-refractivity contribution in [2.24, 2.45) is 0 Å². The maximum Gasteiger partial charge on any atom is 0.303 e. The molecule has 9 nitrogen and oxygen atoms in total.